The molecule has 2 aliphatic heterocycles. The van der Waals surface area contributed by atoms with Crippen molar-refractivity contribution in [3.05, 3.63) is 96.1 Å². The first-order chi connectivity index (χ1) is 24.0. The molecule has 0 amide bonds. The van der Waals surface area contributed by atoms with E-state index in [9.17, 15) is 0 Å². The van der Waals surface area contributed by atoms with E-state index in [2.05, 4.69) is 129 Å². The largest absolute Gasteiger partial charge is 0.303 e. The standard InChI is InChI=1S/C46H63N3/c1-5-37(3)45(27-33-48-29-13-7-14-30-48,43-25-17-21-39-19-9-11-23-41(39)43)35-47-36-46(38(4)6-2,28-34-49-31-15-8-16-32-49)44-26-18-22-40-20-10-12-24-42(40)44/h9-12,17-26,35,37-38H,5-8,13-16,27-34,36H2,1-4H3. The van der Waals surface area contributed by atoms with Gasteiger partial charge in [-0.25, -0.2) is 0 Å². The summed E-state index contributed by atoms with van der Waals surface area (Å²) in [6.45, 7) is 17.8. The lowest BCUT2D eigenvalue weighted by molar-refractivity contribution is 0.179. The molecule has 3 nitrogen and oxygen atoms in total. The second-order valence-corrected chi connectivity index (χ2v) is 15.6. The molecule has 4 atom stereocenters. The normalized spacial score (nSPS) is 20.3. The number of likely N-dealkylation sites (tertiary alicyclic amines) is 2. The maximum atomic E-state index is 5.79. The van der Waals surface area contributed by atoms with Gasteiger partial charge >= 0.3 is 0 Å². The summed E-state index contributed by atoms with van der Waals surface area (Å²) in [6.07, 6.45) is 15.1. The van der Waals surface area contributed by atoms with Gasteiger partial charge < -0.3 is 9.80 Å². The van der Waals surface area contributed by atoms with Crippen LogP contribution in [0, 0.1) is 11.8 Å². The van der Waals surface area contributed by atoms with Gasteiger partial charge in [-0.1, -0.05) is 138 Å². The number of rotatable bonds is 15. The van der Waals surface area contributed by atoms with Crippen LogP contribution in [0.3, 0.4) is 0 Å². The Balaban J connectivity index is 1.46. The van der Waals surface area contributed by atoms with Crippen LogP contribution in [0.5, 0.6) is 0 Å². The third-order valence-electron chi connectivity index (χ3n) is 13.0. The van der Waals surface area contributed by atoms with E-state index in [0.29, 0.717) is 11.8 Å². The lowest BCUT2D eigenvalue weighted by atomic mass is 9.65. The van der Waals surface area contributed by atoms with Gasteiger partial charge in [0.25, 0.3) is 0 Å². The zero-order chi connectivity index (χ0) is 34.1. The average molecular weight is 658 g/mol. The summed E-state index contributed by atoms with van der Waals surface area (Å²) < 4.78 is 0. The van der Waals surface area contributed by atoms with E-state index in [-0.39, 0.29) is 10.8 Å². The minimum atomic E-state index is -0.139. The van der Waals surface area contributed by atoms with Gasteiger partial charge in [-0.3, -0.25) is 4.99 Å². The molecular formula is C46H63N3. The van der Waals surface area contributed by atoms with Crippen LogP contribution in [0.4, 0.5) is 0 Å². The summed E-state index contributed by atoms with van der Waals surface area (Å²) in [5.74, 6) is 0.972. The molecule has 0 radical (unpaired) electrons. The zero-order valence-electron chi connectivity index (χ0n) is 31.2. The Morgan fingerprint density at radius 1 is 0.592 bits per heavy atom. The van der Waals surface area contributed by atoms with E-state index in [4.69, 9.17) is 4.99 Å². The predicted molar refractivity (Wildman–Crippen MR) is 213 cm³/mol. The van der Waals surface area contributed by atoms with Gasteiger partial charge in [0.1, 0.15) is 0 Å². The fourth-order valence-electron chi connectivity index (χ4n) is 9.36. The van der Waals surface area contributed by atoms with Crippen LogP contribution >= 0.6 is 0 Å². The zero-order valence-corrected chi connectivity index (χ0v) is 31.2. The first kappa shape index (κ1) is 35.8. The third kappa shape index (κ3) is 7.84. The van der Waals surface area contributed by atoms with Crippen LogP contribution in [0.25, 0.3) is 21.5 Å². The molecule has 2 heterocycles. The van der Waals surface area contributed by atoms with Crippen molar-refractivity contribution in [3.63, 3.8) is 0 Å². The Kier molecular flexibility index (Phi) is 12.3. The number of hydrogen-bond acceptors (Lipinski definition) is 3. The van der Waals surface area contributed by atoms with Crippen LogP contribution in [-0.2, 0) is 10.8 Å². The maximum Gasteiger partial charge on any atom is 0.0486 e. The highest BCUT2D eigenvalue weighted by atomic mass is 15.1. The van der Waals surface area contributed by atoms with Crippen LogP contribution in [-0.4, -0.2) is 61.8 Å². The third-order valence-corrected chi connectivity index (χ3v) is 13.0. The Morgan fingerprint density at radius 3 is 1.65 bits per heavy atom. The average Bonchev–Trinajstić information content (AvgIpc) is 3.17. The SMILES string of the molecule is CCC(C)C(C=NCC(CCN1CCCCC1)(c1cccc2ccccc12)C(C)CC)(CCN1CCCCC1)c1cccc2ccccc12. The molecule has 6 rings (SSSR count). The van der Waals surface area contributed by atoms with Crippen molar-refractivity contribution in [1.29, 1.82) is 0 Å². The Hall–Kier alpha value is -3.01. The van der Waals surface area contributed by atoms with Crippen LogP contribution < -0.4 is 0 Å². The van der Waals surface area contributed by atoms with Crippen LogP contribution in [0.15, 0.2) is 89.9 Å². The molecule has 3 heteroatoms. The fourth-order valence-corrected chi connectivity index (χ4v) is 9.36. The number of piperidine rings is 2. The lowest BCUT2D eigenvalue weighted by Gasteiger charge is -2.42. The van der Waals surface area contributed by atoms with Crippen molar-refractivity contribution >= 4 is 27.8 Å². The number of nitrogens with zero attached hydrogens (tertiary/aromatic N) is 3. The van der Waals surface area contributed by atoms with E-state index in [1.54, 1.807) is 0 Å². The highest BCUT2D eigenvalue weighted by molar-refractivity contribution is 5.91. The highest BCUT2D eigenvalue weighted by Gasteiger charge is 2.41. The fraction of sp³-hybridized carbons (Fsp3) is 0.543. The second-order valence-electron chi connectivity index (χ2n) is 15.6. The molecule has 0 aliphatic carbocycles. The van der Waals surface area contributed by atoms with E-state index >= 15 is 0 Å². The first-order valence-electron chi connectivity index (χ1n) is 19.9. The molecule has 0 saturated carbocycles. The minimum Gasteiger partial charge on any atom is -0.303 e. The molecule has 262 valence electrons. The molecular weight excluding hydrogens is 595 g/mol. The van der Waals surface area contributed by atoms with Gasteiger partial charge in [0.2, 0.25) is 0 Å². The Labute approximate surface area is 298 Å². The van der Waals surface area contributed by atoms with E-state index < -0.39 is 0 Å². The van der Waals surface area contributed by atoms with Gasteiger partial charge in [-0.2, -0.15) is 0 Å². The molecule has 4 aromatic rings. The van der Waals surface area contributed by atoms with Crippen LogP contribution in [0.1, 0.15) is 103 Å². The summed E-state index contributed by atoms with van der Waals surface area (Å²) in [5.41, 5.74) is 2.78. The van der Waals surface area contributed by atoms with E-state index in [1.165, 1.54) is 97.4 Å². The number of fused-ring (bicyclic) bond motifs is 2. The summed E-state index contributed by atoms with van der Waals surface area (Å²) >= 11 is 0. The molecule has 0 aromatic heterocycles. The smallest absolute Gasteiger partial charge is 0.0486 e. The minimum absolute atomic E-state index is 0.0453. The van der Waals surface area contributed by atoms with E-state index in [1.807, 2.05) is 0 Å². The predicted octanol–water partition coefficient (Wildman–Crippen LogP) is 11.1. The van der Waals surface area contributed by atoms with Crippen molar-refractivity contribution in [2.24, 2.45) is 16.8 Å². The molecule has 2 fully saturated rings. The van der Waals surface area contributed by atoms with Crippen molar-refractivity contribution in [3.8, 4) is 0 Å². The van der Waals surface area contributed by atoms with Gasteiger partial charge in [-0.15, -0.1) is 0 Å². The molecule has 2 aliphatic rings. The molecule has 0 bridgehead atoms. The van der Waals surface area contributed by atoms with Crippen molar-refractivity contribution in [2.75, 3.05) is 45.8 Å². The van der Waals surface area contributed by atoms with Gasteiger partial charge in [0, 0.05) is 23.6 Å². The maximum absolute atomic E-state index is 5.79. The number of hydrogen-bond donors (Lipinski definition) is 0. The van der Waals surface area contributed by atoms with Crippen molar-refractivity contribution in [2.45, 2.75) is 103 Å². The molecule has 2 saturated heterocycles. The molecule has 0 N–H and O–H groups in total. The number of benzene rings is 4. The monoisotopic (exact) mass is 658 g/mol. The van der Waals surface area contributed by atoms with Gasteiger partial charge in [0.05, 0.1) is 0 Å². The number of aliphatic imine (C=N–C) groups is 1. The van der Waals surface area contributed by atoms with Crippen molar-refractivity contribution in [1.82, 2.24) is 9.80 Å². The summed E-state index contributed by atoms with van der Waals surface area (Å²) in [6, 6.07) is 32.2. The summed E-state index contributed by atoms with van der Waals surface area (Å²) in [7, 11) is 0. The highest BCUT2D eigenvalue weighted by Crippen LogP contribution is 2.44. The van der Waals surface area contributed by atoms with Crippen molar-refractivity contribution < 1.29 is 0 Å². The molecule has 4 unspecified atom stereocenters. The first-order valence-corrected chi connectivity index (χ1v) is 19.9. The Bertz CT molecular complexity index is 1640. The molecule has 0 spiro atoms. The van der Waals surface area contributed by atoms with Gasteiger partial charge in [0.15, 0.2) is 0 Å². The molecule has 4 aromatic carbocycles. The summed E-state index contributed by atoms with van der Waals surface area (Å²) in [5, 5.41) is 5.49. The van der Waals surface area contributed by atoms with E-state index in [0.717, 1.165) is 45.3 Å². The second kappa shape index (κ2) is 16.8. The lowest BCUT2D eigenvalue weighted by Crippen LogP contribution is -2.43. The Morgan fingerprint density at radius 2 is 1.08 bits per heavy atom. The molecule has 49 heavy (non-hydrogen) atoms. The van der Waals surface area contributed by atoms with Crippen LogP contribution in [0.2, 0.25) is 0 Å². The van der Waals surface area contributed by atoms with Gasteiger partial charge in [-0.05, 0) is 122 Å². The summed E-state index contributed by atoms with van der Waals surface area (Å²) in [4.78, 5) is 11.3. The quantitative estimate of drug-likeness (QED) is 0.118. The topological polar surface area (TPSA) is 18.8 Å².